The Morgan fingerprint density at radius 2 is 0.934 bits per heavy atom. The maximum atomic E-state index is 14.5. The maximum absolute atomic E-state index is 14.5. The number of carbonyl (C=O) groups excluding carboxylic acids is 9. The summed E-state index contributed by atoms with van der Waals surface area (Å²) in [6, 6.07) is -1.92. The molecule has 23 heteroatoms. The molecule has 16 N–H and O–H groups in total. The van der Waals surface area contributed by atoms with Crippen molar-refractivity contribution in [2.24, 2.45) is 46.8 Å². The average Bonchev–Trinajstić information content (AvgIpc) is 3.37. The molecule has 0 spiro atoms. The molecule has 8 amide bonds. The minimum atomic E-state index is -1.62. The first-order valence-corrected chi connectivity index (χ1v) is 27.1. The average molecular weight is 1070 g/mol. The Kier molecular flexibility index (Phi) is 29.8. The second-order valence-electron chi connectivity index (χ2n) is 21.2. The van der Waals surface area contributed by atoms with E-state index in [-0.39, 0.29) is 82.5 Å². The van der Waals surface area contributed by atoms with Gasteiger partial charge in [0.1, 0.15) is 36.3 Å². The highest BCUT2D eigenvalue weighted by atomic mass is 16.6. The van der Waals surface area contributed by atoms with E-state index in [0.717, 1.165) is 0 Å². The van der Waals surface area contributed by atoms with Gasteiger partial charge in [0.2, 0.25) is 41.4 Å². The lowest BCUT2D eigenvalue weighted by Crippen LogP contribution is -2.61. The molecule has 1 saturated heterocycles. The predicted molar refractivity (Wildman–Crippen MR) is 288 cm³/mol. The summed E-state index contributed by atoms with van der Waals surface area (Å²) >= 11 is 0. The molecule has 1 aliphatic heterocycles. The Bertz CT molecular complexity index is 2030. The molecule has 12 unspecified atom stereocenters. The van der Waals surface area contributed by atoms with Crippen molar-refractivity contribution in [3.63, 3.8) is 0 Å². The summed E-state index contributed by atoms with van der Waals surface area (Å²) in [4.78, 5) is 127. The van der Waals surface area contributed by atoms with E-state index in [1.165, 1.54) is 0 Å². The minimum absolute atomic E-state index is 0.00298. The zero-order valence-corrected chi connectivity index (χ0v) is 46.5. The summed E-state index contributed by atoms with van der Waals surface area (Å²) in [5, 5.41) is 35.6. The first-order valence-electron chi connectivity index (χ1n) is 27.1. The summed E-state index contributed by atoms with van der Waals surface area (Å²) in [6.07, 6.45) is -0.611. The van der Waals surface area contributed by atoms with Crippen molar-refractivity contribution < 1.29 is 53.0 Å². The number of benzene rings is 1. The van der Waals surface area contributed by atoms with E-state index in [0.29, 0.717) is 18.4 Å². The highest BCUT2D eigenvalue weighted by Crippen LogP contribution is 2.17. The van der Waals surface area contributed by atoms with Crippen molar-refractivity contribution >= 4 is 53.2 Å². The molecule has 1 aromatic rings. The van der Waals surface area contributed by atoms with E-state index in [4.69, 9.17) is 21.9 Å². The third kappa shape index (κ3) is 22.1. The van der Waals surface area contributed by atoms with Crippen LogP contribution in [0.25, 0.3) is 0 Å². The van der Waals surface area contributed by atoms with Crippen LogP contribution in [0.3, 0.4) is 0 Å². The van der Waals surface area contributed by atoms with E-state index in [2.05, 4.69) is 47.9 Å². The molecular weight excluding hydrogens is 981 g/mol. The Morgan fingerprint density at radius 3 is 1.43 bits per heavy atom. The van der Waals surface area contributed by atoms with Gasteiger partial charge < -0.3 is 74.9 Å². The van der Waals surface area contributed by atoms with Gasteiger partial charge in [0.15, 0.2) is 12.1 Å². The first-order chi connectivity index (χ1) is 35.9. The molecule has 2 rings (SSSR count). The van der Waals surface area contributed by atoms with Crippen LogP contribution in [0.1, 0.15) is 120 Å². The van der Waals surface area contributed by atoms with E-state index >= 15 is 0 Å². The number of aliphatic hydroxyl groups is 1. The highest BCUT2D eigenvalue weighted by Gasteiger charge is 2.38. The molecule has 0 bridgehead atoms. The zero-order valence-electron chi connectivity index (χ0n) is 46.5. The number of hydrogen-bond acceptors (Lipinski definition) is 15. The maximum Gasteiger partial charge on any atom is 0.331 e. The first kappa shape index (κ1) is 66.4. The molecular formula is C53H92N12O11. The Hall–Kier alpha value is -5.75. The summed E-state index contributed by atoms with van der Waals surface area (Å²) in [5.74, 6) is -8.56. The smallest absolute Gasteiger partial charge is 0.331 e. The largest absolute Gasteiger partial charge is 0.450 e. The van der Waals surface area contributed by atoms with Crippen molar-refractivity contribution in [2.45, 2.75) is 181 Å². The fraction of sp³-hybridized carbons (Fsp3) is 0.717. The molecule has 0 radical (unpaired) electrons. The Morgan fingerprint density at radius 1 is 0.513 bits per heavy atom. The molecule has 1 heterocycles. The van der Waals surface area contributed by atoms with Gasteiger partial charge in [-0.3, -0.25) is 38.4 Å². The SMILES string of the molecule is CCC(C)C1NC(=O)C(CCN)NC(=O)C(C(C)CC)OC(=O)C(CO)NC(=O)C(CC(C)C)NCC(C(C)C)NC(=O)C(CCN)NC(=O)C(CC(C)C)NC(=O)C(Cc2ccccc2)NC(=O)C(CCN)NC1=O. The number of esters is 1. The number of nitrogens with one attached hydrogen (secondary N) is 9. The lowest BCUT2D eigenvalue weighted by atomic mass is 9.96. The third-order valence-corrected chi connectivity index (χ3v) is 13.5. The van der Waals surface area contributed by atoms with Crippen molar-refractivity contribution in [2.75, 3.05) is 32.8 Å². The lowest BCUT2D eigenvalue weighted by molar-refractivity contribution is -0.163. The van der Waals surface area contributed by atoms with Gasteiger partial charge in [-0.15, -0.1) is 0 Å². The fourth-order valence-electron chi connectivity index (χ4n) is 8.42. The minimum Gasteiger partial charge on any atom is -0.450 e. The van der Waals surface area contributed by atoms with Crippen molar-refractivity contribution in [1.29, 1.82) is 0 Å². The number of carbonyl (C=O) groups is 9. The van der Waals surface area contributed by atoms with E-state index < -0.39 is 132 Å². The quantitative estimate of drug-likeness (QED) is 0.0774. The Labute approximate surface area is 449 Å². The Balaban J connectivity index is 2.81. The van der Waals surface area contributed by atoms with Crippen molar-refractivity contribution in [1.82, 2.24) is 47.9 Å². The second-order valence-corrected chi connectivity index (χ2v) is 21.2. The topological polar surface area (TPSA) is 369 Å². The predicted octanol–water partition coefficient (Wildman–Crippen LogP) is -1.13. The van der Waals surface area contributed by atoms with Gasteiger partial charge >= 0.3 is 5.97 Å². The van der Waals surface area contributed by atoms with Crippen LogP contribution >= 0.6 is 0 Å². The normalized spacial score (nSPS) is 26.9. The van der Waals surface area contributed by atoms with Crippen LogP contribution in [0.4, 0.5) is 0 Å². The molecule has 0 aliphatic carbocycles. The number of hydrogen-bond donors (Lipinski definition) is 13. The molecule has 1 aromatic carbocycles. The van der Waals surface area contributed by atoms with Crippen LogP contribution in [0.5, 0.6) is 0 Å². The van der Waals surface area contributed by atoms with Gasteiger partial charge in [-0.1, -0.05) is 106 Å². The van der Waals surface area contributed by atoms with Crippen LogP contribution in [-0.2, 0) is 54.3 Å². The zero-order chi connectivity index (χ0) is 57.2. The van der Waals surface area contributed by atoms with Crippen molar-refractivity contribution in [3.8, 4) is 0 Å². The number of amides is 8. The van der Waals surface area contributed by atoms with E-state index in [1.54, 1.807) is 58.0 Å². The molecule has 0 saturated carbocycles. The number of aliphatic hydroxyl groups excluding tert-OH is 1. The summed E-state index contributed by atoms with van der Waals surface area (Å²) in [7, 11) is 0. The molecule has 1 aliphatic rings. The second kappa shape index (κ2) is 34.1. The van der Waals surface area contributed by atoms with Gasteiger partial charge in [0.05, 0.1) is 12.6 Å². The molecule has 430 valence electrons. The molecule has 1 fully saturated rings. The van der Waals surface area contributed by atoms with E-state index in [9.17, 15) is 48.3 Å². The van der Waals surface area contributed by atoms with Gasteiger partial charge in [-0.2, -0.15) is 0 Å². The number of rotatable bonds is 18. The standard InChI is InChI=1S/C53H92N12O11/c1-11-32(9)43-51(73)59-36(19-22-55)45(67)62-40(26-34-16-14-13-15-17-34)50(72)61-39(25-30(5)6)49(71)58-35(18-21-54)46(68)63-41(31(7)8)27-57-38(24-29(3)4)48(70)64-42(28-66)53(75)76-44(33(10)12-2)52(74)60-37(20-23-56)47(69)65-43/h13-17,29-33,35-44,57,66H,11-12,18-28,54-56H2,1-10H3,(H,58,71)(H,59,73)(H,60,74)(H,61,72)(H,62,67)(H,63,68)(H,64,70)(H,65,69). The summed E-state index contributed by atoms with van der Waals surface area (Å²) in [6.45, 7) is 17.1. The summed E-state index contributed by atoms with van der Waals surface area (Å²) in [5.41, 5.74) is 18.5. The van der Waals surface area contributed by atoms with Crippen LogP contribution in [-0.4, -0.2) is 152 Å². The van der Waals surface area contributed by atoms with Crippen LogP contribution in [0, 0.1) is 29.6 Å². The lowest BCUT2D eigenvalue weighted by Gasteiger charge is -2.31. The van der Waals surface area contributed by atoms with Crippen LogP contribution in [0.2, 0.25) is 0 Å². The van der Waals surface area contributed by atoms with Gasteiger partial charge in [-0.25, -0.2) is 4.79 Å². The number of ether oxygens (including phenoxy) is 1. The number of cyclic esters (lactones) is 1. The van der Waals surface area contributed by atoms with Crippen LogP contribution < -0.4 is 65.1 Å². The molecule has 12 atom stereocenters. The van der Waals surface area contributed by atoms with E-state index in [1.807, 2.05) is 41.5 Å². The fourth-order valence-corrected chi connectivity index (χ4v) is 8.42. The third-order valence-electron chi connectivity index (χ3n) is 13.5. The monoisotopic (exact) mass is 1070 g/mol. The number of nitrogens with two attached hydrogens (primary N) is 3. The summed E-state index contributed by atoms with van der Waals surface area (Å²) < 4.78 is 5.72. The molecule has 0 aromatic heterocycles. The molecule has 76 heavy (non-hydrogen) atoms. The van der Waals surface area contributed by atoms with Crippen LogP contribution in [0.15, 0.2) is 30.3 Å². The van der Waals surface area contributed by atoms with Gasteiger partial charge in [-0.05, 0) is 87.4 Å². The molecule has 23 nitrogen and oxygen atoms in total. The van der Waals surface area contributed by atoms with Crippen molar-refractivity contribution in [3.05, 3.63) is 35.9 Å². The van der Waals surface area contributed by atoms with Gasteiger partial charge in [0, 0.05) is 24.9 Å². The van der Waals surface area contributed by atoms with Gasteiger partial charge in [0.25, 0.3) is 5.91 Å². The highest BCUT2D eigenvalue weighted by molar-refractivity contribution is 5.98.